The summed E-state index contributed by atoms with van der Waals surface area (Å²) >= 11 is 0. The number of aryl methyl sites for hydroxylation is 2. The first-order chi connectivity index (χ1) is 10.3. The zero-order valence-electron chi connectivity index (χ0n) is 13.6. The molecular weight excluding hydrogens is 262 g/mol. The summed E-state index contributed by atoms with van der Waals surface area (Å²) in [6, 6.07) is 0. The molecule has 1 saturated carbocycles. The molecule has 1 aromatic heterocycles. The van der Waals surface area contributed by atoms with Gasteiger partial charge in [0, 0.05) is 30.9 Å². The molecule has 0 saturated heterocycles. The lowest BCUT2D eigenvalue weighted by atomic mass is 9.85. The van der Waals surface area contributed by atoms with Crippen molar-refractivity contribution in [3.05, 3.63) is 18.2 Å². The first-order valence-corrected chi connectivity index (χ1v) is 8.61. The molecule has 4 heteroatoms. The first kappa shape index (κ1) is 16.5. The monoisotopic (exact) mass is 293 g/mol. The molecule has 2 N–H and O–H groups in total. The maximum atomic E-state index is 9.93. The van der Waals surface area contributed by atoms with E-state index in [9.17, 15) is 5.11 Å². The minimum absolute atomic E-state index is 0.0402. The van der Waals surface area contributed by atoms with Crippen molar-refractivity contribution in [2.45, 2.75) is 70.9 Å². The number of hydrogen-bond donors (Lipinski definition) is 2. The molecule has 1 fully saturated rings. The highest BCUT2D eigenvalue weighted by molar-refractivity contribution is 5.00. The number of nitrogens with zero attached hydrogens (tertiary/aromatic N) is 2. The Labute approximate surface area is 129 Å². The average Bonchev–Trinajstić information content (AvgIpc) is 3.10. The van der Waals surface area contributed by atoms with Crippen LogP contribution in [0, 0.1) is 5.92 Å². The number of rotatable bonds is 9. The van der Waals surface area contributed by atoms with E-state index in [2.05, 4.69) is 34.9 Å². The molecule has 1 heterocycles. The third kappa shape index (κ3) is 3.86. The van der Waals surface area contributed by atoms with E-state index in [1.54, 1.807) is 0 Å². The van der Waals surface area contributed by atoms with Gasteiger partial charge in [-0.05, 0) is 44.6 Å². The van der Waals surface area contributed by atoms with Crippen LogP contribution in [0.4, 0.5) is 0 Å². The quantitative estimate of drug-likeness (QED) is 0.736. The van der Waals surface area contributed by atoms with Gasteiger partial charge in [-0.3, -0.25) is 0 Å². The lowest BCUT2D eigenvalue weighted by Crippen LogP contribution is -2.51. The Morgan fingerprint density at radius 1 is 1.43 bits per heavy atom. The smallest absolute Gasteiger partial charge is 0.108 e. The summed E-state index contributed by atoms with van der Waals surface area (Å²) in [6.45, 7) is 6.67. The highest BCUT2D eigenvalue weighted by Gasteiger charge is 2.41. The second-order valence-corrected chi connectivity index (χ2v) is 6.41. The number of aliphatic hydroxyl groups is 1. The summed E-state index contributed by atoms with van der Waals surface area (Å²) in [5, 5.41) is 13.6. The Morgan fingerprint density at radius 2 is 2.29 bits per heavy atom. The van der Waals surface area contributed by atoms with E-state index in [4.69, 9.17) is 0 Å². The first-order valence-electron chi connectivity index (χ1n) is 8.61. The van der Waals surface area contributed by atoms with Gasteiger partial charge < -0.3 is 15.0 Å². The van der Waals surface area contributed by atoms with Crippen molar-refractivity contribution in [1.82, 2.24) is 14.9 Å². The van der Waals surface area contributed by atoms with E-state index >= 15 is 0 Å². The van der Waals surface area contributed by atoms with Crippen LogP contribution in [0.5, 0.6) is 0 Å². The molecule has 120 valence electrons. The predicted octanol–water partition coefficient (Wildman–Crippen LogP) is 2.76. The molecule has 0 radical (unpaired) electrons. The lowest BCUT2D eigenvalue weighted by Gasteiger charge is -2.35. The topological polar surface area (TPSA) is 50.1 Å². The van der Waals surface area contributed by atoms with Crippen molar-refractivity contribution in [1.29, 1.82) is 0 Å². The Morgan fingerprint density at radius 3 is 3.00 bits per heavy atom. The van der Waals surface area contributed by atoms with Crippen molar-refractivity contribution in [2.75, 3.05) is 13.2 Å². The Hall–Kier alpha value is -0.870. The molecule has 1 aromatic rings. The van der Waals surface area contributed by atoms with E-state index < -0.39 is 0 Å². The standard InChI is InChI=1S/C17H31N3O/c1-3-6-16-18-11-13-20(16)12-8-15-7-5-9-17(15,14-21)19-10-4-2/h11,13,15,19,21H,3-10,12,14H2,1-2H3. The molecule has 0 spiro atoms. The largest absolute Gasteiger partial charge is 0.394 e. The summed E-state index contributed by atoms with van der Waals surface area (Å²) in [5.74, 6) is 1.78. The number of nitrogens with one attached hydrogen (secondary N) is 1. The molecule has 4 nitrogen and oxygen atoms in total. The second-order valence-electron chi connectivity index (χ2n) is 6.41. The van der Waals surface area contributed by atoms with Crippen LogP contribution < -0.4 is 5.32 Å². The van der Waals surface area contributed by atoms with E-state index in [0.717, 1.165) is 45.2 Å². The fraction of sp³-hybridized carbons (Fsp3) is 0.824. The maximum absolute atomic E-state index is 9.93. The zero-order chi connectivity index (χ0) is 15.1. The van der Waals surface area contributed by atoms with Crippen LogP contribution in [-0.4, -0.2) is 33.3 Å². The fourth-order valence-corrected chi connectivity index (χ4v) is 3.73. The van der Waals surface area contributed by atoms with E-state index in [1.807, 2.05) is 6.20 Å². The number of aromatic nitrogens is 2. The van der Waals surface area contributed by atoms with Gasteiger partial charge in [0.05, 0.1) is 6.61 Å². The molecule has 0 bridgehead atoms. The summed E-state index contributed by atoms with van der Waals surface area (Å²) in [6.07, 6.45) is 12.0. The van der Waals surface area contributed by atoms with Crippen LogP contribution in [0.2, 0.25) is 0 Å². The Balaban J connectivity index is 1.95. The number of imidazole rings is 1. The third-order valence-electron chi connectivity index (χ3n) is 4.96. The molecule has 0 amide bonds. The van der Waals surface area contributed by atoms with Gasteiger partial charge >= 0.3 is 0 Å². The summed E-state index contributed by atoms with van der Waals surface area (Å²) in [4.78, 5) is 4.46. The molecule has 2 rings (SSSR count). The third-order valence-corrected chi connectivity index (χ3v) is 4.96. The summed E-state index contributed by atoms with van der Waals surface area (Å²) in [5.41, 5.74) is -0.0402. The van der Waals surface area contributed by atoms with Gasteiger partial charge in [0.25, 0.3) is 0 Å². The van der Waals surface area contributed by atoms with Crippen LogP contribution >= 0.6 is 0 Å². The molecule has 1 aliphatic carbocycles. The van der Waals surface area contributed by atoms with Crippen LogP contribution in [0.15, 0.2) is 12.4 Å². The molecule has 2 unspecified atom stereocenters. The molecule has 21 heavy (non-hydrogen) atoms. The maximum Gasteiger partial charge on any atom is 0.108 e. The molecule has 0 aliphatic heterocycles. The molecular formula is C17H31N3O. The van der Waals surface area contributed by atoms with Gasteiger partial charge in [0.2, 0.25) is 0 Å². The summed E-state index contributed by atoms with van der Waals surface area (Å²) < 4.78 is 2.30. The van der Waals surface area contributed by atoms with Crippen molar-refractivity contribution < 1.29 is 5.11 Å². The highest BCUT2D eigenvalue weighted by atomic mass is 16.3. The Bertz CT molecular complexity index is 418. The second kappa shape index (κ2) is 7.95. The van der Waals surface area contributed by atoms with E-state index in [1.165, 1.54) is 18.7 Å². The van der Waals surface area contributed by atoms with Gasteiger partial charge in [0.1, 0.15) is 5.82 Å². The number of hydrogen-bond acceptors (Lipinski definition) is 3. The van der Waals surface area contributed by atoms with Crippen molar-refractivity contribution in [2.24, 2.45) is 5.92 Å². The summed E-state index contributed by atoms with van der Waals surface area (Å²) in [7, 11) is 0. The molecule has 2 atom stereocenters. The normalized spacial score (nSPS) is 25.6. The highest BCUT2D eigenvalue weighted by Crippen LogP contribution is 2.38. The number of aliphatic hydroxyl groups excluding tert-OH is 1. The van der Waals surface area contributed by atoms with Gasteiger partial charge in [-0.1, -0.05) is 20.3 Å². The van der Waals surface area contributed by atoms with Crippen LogP contribution in [-0.2, 0) is 13.0 Å². The Kier molecular flexibility index (Phi) is 6.24. The SMILES string of the molecule is CCCNC1(CO)CCCC1CCn1ccnc1CCC. The predicted molar refractivity (Wildman–Crippen MR) is 86.3 cm³/mol. The van der Waals surface area contributed by atoms with Gasteiger partial charge in [0.15, 0.2) is 0 Å². The zero-order valence-corrected chi connectivity index (χ0v) is 13.6. The minimum Gasteiger partial charge on any atom is -0.394 e. The van der Waals surface area contributed by atoms with Crippen LogP contribution in [0.25, 0.3) is 0 Å². The fourth-order valence-electron chi connectivity index (χ4n) is 3.73. The van der Waals surface area contributed by atoms with E-state index in [0.29, 0.717) is 5.92 Å². The molecule has 1 aliphatic rings. The van der Waals surface area contributed by atoms with Crippen LogP contribution in [0.3, 0.4) is 0 Å². The lowest BCUT2D eigenvalue weighted by molar-refractivity contribution is 0.117. The van der Waals surface area contributed by atoms with Crippen molar-refractivity contribution >= 4 is 0 Å². The van der Waals surface area contributed by atoms with Gasteiger partial charge in [-0.15, -0.1) is 0 Å². The minimum atomic E-state index is -0.0402. The van der Waals surface area contributed by atoms with Gasteiger partial charge in [-0.2, -0.15) is 0 Å². The van der Waals surface area contributed by atoms with E-state index in [-0.39, 0.29) is 12.1 Å². The van der Waals surface area contributed by atoms with Gasteiger partial charge in [-0.25, -0.2) is 4.98 Å². The average molecular weight is 293 g/mol. The van der Waals surface area contributed by atoms with Crippen LogP contribution in [0.1, 0.15) is 58.2 Å². The molecule has 0 aromatic carbocycles. The van der Waals surface area contributed by atoms with Crippen molar-refractivity contribution in [3.63, 3.8) is 0 Å². The van der Waals surface area contributed by atoms with Crippen molar-refractivity contribution in [3.8, 4) is 0 Å².